The Hall–Kier alpha value is -7.86. The molecule has 0 aliphatic rings. The molecular formula is C50H28N4O. The molecule has 55 heavy (non-hydrogen) atoms. The number of benzene rings is 8. The Morgan fingerprint density at radius 3 is 1.78 bits per heavy atom. The average Bonchev–Trinajstić information content (AvgIpc) is 3.89. The van der Waals surface area contributed by atoms with Gasteiger partial charge in [0.15, 0.2) is 5.69 Å². The van der Waals surface area contributed by atoms with Gasteiger partial charge in [-0.25, -0.2) is 4.85 Å². The maximum atomic E-state index is 9.65. The molecular weight excluding hydrogens is 673 g/mol. The van der Waals surface area contributed by atoms with E-state index in [4.69, 9.17) is 11.0 Å². The van der Waals surface area contributed by atoms with Gasteiger partial charge in [0.05, 0.1) is 40.3 Å². The molecule has 11 aromatic rings. The van der Waals surface area contributed by atoms with Gasteiger partial charge in [-0.1, -0.05) is 91.0 Å². The minimum Gasteiger partial charge on any atom is -0.456 e. The lowest BCUT2D eigenvalue weighted by Gasteiger charge is -2.15. The van der Waals surface area contributed by atoms with Crippen LogP contribution >= 0.6 is 0 Å². The summed E-state index contributed by atoms with van der Waals surface area (Å²) in [6.07, 6.45) is 0. The van der Waals surface area contributed by atoms with Gasteiger partial charge in [-0.3, -0.25) is 0 Å². The van der Waals surface area contributed by atoms with E-state index >= 15 is 0 Å². The van der Waals surface area contributed by atoms with Gasteiger partial charge in [0.1, 0.15) is 11.2 Å². The van der Waals surface area contributed by atoms with E-state index in [-0.39, 0.29) is 0 Å². The van der Waals surface area contributed by atoms with Gasteiger partial charge in [-0.2, -0.15) is 5.26 Å². The number of hydrogen-bond acceptors (Lipinski definition) is 2. The van der Waals surface area contributed by atoms with Crippen molar-refractivity contribution >= 4 is 71.2 Å². The lowest BCUT2D eigenvalue weighted by atomic mass is 9.94. The van der Waals surface area contributed by atoms with Crippen LogP contribution in [-0.2, 0) is 0 Å². The predicted octanol–water partition coefficient (Wildman–Crippen LogP) is 13.5. The predicted molar refractivity (Wildman–Crippen MR) is 224 cm³/mol. The molecule has 0 bridgehead atoms. The zero-order chi connectivity index (χ0) is 36.6. The second-order valence-corrected chi connectivity index (χ2v) is 14.0. The third kappa shape index (κ3) is 4.64. The summed E-state index contributed by atoms with van der Waals surface area (Å²) in [7, 11) is 0. The minimum absolute atomic E-state index is 0.606. The van der Waals surface area contributed by atoms with Crippen molar-refractivity contribution in [3.8, 4) is 39.7 Å². The summed E-state index contributed by atoms with van der Waals surface area (Å²) in [4.78, 5) is 3.76. The first-order valence-corrected chi connectivity index (χ1v) is 18.2. The zero-order valence-electron chi connectivity index (χ0n) is 29.4. The lowest BCUT2D eigenvalue weighted by molar-refractivity contribution is 0.669. The fourth-order valence-electron chi connectivity index (χ4n) is 8.51. The summed E-state index contributed by atoms with van der Waals surface area (Å²) < 4.78 is 10.9. The van der Waals surface area contributed by atoms with Crippen LogP contribution in [0.15, 0.2) is 174 Å². The van der Waals surface area contributed by atoms with E-state index in [1.165, 1.54) is 0 Å². The van der Waals surface area contributed by atoms with E-state index in [9.17, 15) is 5.26 Å². The second-order valence-electron chi connectivity index (χ2n) is 14.0. The number of nitriles is 1. The van der Waals surface area contributed by atoms with Crippen LogP contribution in [0.4, 0.5) is 5.69 Å². The molecule has 0 saturated heterocycles. The molecule has 8 aromatic carbocycles. The number of furan rings is 1. The molecule has 254 valence electrons. The van der Waals surface area contributed by atoms with E-state index in [0.717, 1.165) is 99.2 Å². The fraction of sp³-hybridized carbons (Fsp3) is 0. The molecule has 11 rings (SSSR count). The van der Waals surface area contributed by atoms with Gasteiger partial charge in [-0.15, -0.1) is 0 Å². The molecule has 0 radical (unpaired) electrons. The zero-order valence-corrected chi connectivity index (χ0v) is 29.4. The Labute approximate surface area is 315 Å². The van der Waals surface area contributed by atoms with E-state index in [2.05, 4.69) is 147 Å². The monoisotopic (exact) mass is 700 g/mol. The SMILES string of the molecule is [C-]#[N+]c1ccc2c(c1)c1cc3oc4ccccc4c3cc1n2-c1cccc(-c2ccccc2-c2cccc(-n3c4ccccc4c4cc(C#N)ccc43)c2)c1. The standard InChI is InChI=1S/C50H28N4O/c1-52-34-21-23-47-42(27-34)43-29-50-44(40-17-5-7-19-49(40)55-50)28-48(43)54(47)36-13-9-11-33(26-36)38-15-3-2-14-37(38)32-10-8-12-35(25-32)53-45-18-6-4-16-39(45)41-24-31(30-51)20-22-46(41)53/h2-29H. The van der Waals surface area contributed by atoms with Crippen molar-refractivity contribution in [3.05, 3.63) is 187 Å². The topological polar surface area (TPSA) is 51.1 Å². The molecule has 3 heterocycles. The van der Waals surface area contributed by atoms with Crippen LogP contribution < -0.4 is 0 Å². The van der Waals surface area contributed by atoms with Crippen LogP contribution in [0.1, 0.15) is 5.56 Å². The summed E-state index contributed by atoms with van der Waals surface area (Å²) in [5, 5.41) is 16.0. The summed E-state index contributed by atoms with van der Waals surface area (Å²) in [6, 6.07) is 61.1. The highest BCUT2D eigenvalue weighted by atomic mass is 16.3. The van der Waals surface area contributed by atoms with Gasteiger partial charge in [0.2, 0.25) is 0 Å². The Balaban J connectivity index is 1.09. The Kier molecular flexibility index (Phi) is 6.61. The number of rotatable bonds is 4. The molecule has 0 amide bonds. The quantitative estimate of drug-likeness (QED) is 0.172. The molecule has 0 aliphatic carbocycles. The molecule has 5 heteroatoms. The molecule has 0 atom stereocenters. The van der Waals surface area contributed by atoms with Crippen molar-refractivity contribution < 1.29 is 4.42 Å². The van der Waals surface area contributed by atoms with Gasteiger partial charge in [0.25, 0.3) is 0 Å². The molecule has 5 nitrogen and oxygen atoms in total. The van der Waals surface area contributed by atoms with Gasteiger partial charge < -0.3 is 13.6 Å². The summed E-state index contributed by atoms with van der Waals surface area (Å²) in [5.41, 5.74) is 13.7. The Morgan fingerprint density at radius 2 is 1.05 bits per heavy atom. The smallest absolute Gasteiger partial charge is 0.188 e. The molecule has 0 fully saturated rings. The molecule has 0 saturated carbocycles. The van der Waals surface area contributed by atoms with Crippen molar-refractivity contribution in [3.63, 3.8) is 0 Å². The first-order valence-electron chi connectivity index (χ1n) is 18.2. The lowest BCUT2D eigenvalue weighted by Crippen LogP contribution is -1.96. The van der Waals surface area contributed by atoms with Crippen LogP contribution in [0, 0.1) is 17.9 Å². The molecule has 0 unspecified atom stereocenters. The normalized spacial score (nSPS) is 11.6. The third-order valence-electron chi connectivity index (χ3n) is 10.9. The van der Waals surface area contributed by atoms with E-state index < -0.39 is 0 Å². The van der Waals surface area contributed by atoms with Crippen LogP contribution in [0.5, 0.6) is 0 Å². The second kappa shape index (κ2) is 11.8. The minimum atomic E-state index is 0.606. The molecule has 0 aliphatic heterocycles. The van der Waals surface area contributed by atoms with E-state index in [0.29, 0.717) is 11.3 Å². The summed E-state index contributed by atoms with van der Waals surface area (Å²) in [5.74, 6) is 0. The van der Waals surface area contributed by atoms with Crippen LogP contribution in [-0.4, -0.2) is 9.13 Å². The van der Waals surface area contributed by atoms with Gasteiger partial charge >= 0.3 is 0 Å². The van der Waals surface area contributed by atoms with Gasteiger partial charge in [-0.05, 0) is 107 Å². The highest BCUT2D eigenvalue weighted by molar-refractivity contribution is 6.17. The fourth-order valence-corrected chi connectivity index (χ4v) is 8.51. The highest BCUT2D eigenvalue weighted by Crippen LogP contribution is 2.41. The van der Waals surface area contributed by atoms with E-state index in [1.807, 2.05) is 42.5 Å². The first kappa shape index (κ1) is 30.7. The molecule has 0 spiro atoms. The van der Waals surface area contributed by atoms with Crippen LogP contribution in [0.2, 0.25) is 0 Å². The number of para-hydroxylation sites is 2. The van der Waals surface area contributed by atoms with Crippen LogP contribution in [0.3, 0.4) is 0 Å². The van der Waals surface area contributed by atoms with Crippen LogP contribution in [0.25, 0.3) is 104 Å². The number of nitrogens with zero attached hydrogens (tertiary/aromatic N) is 4. The maximum Gasteiger partial charge on any atom is 0.188 e. The van der Waals surface area contributed by atoms with Gasteiger partial charge in [0, 0.05) is 38.3 Å². The number of fused-ring (bicyclic) bond motifs is 9. The summed E-state index contributed by atoms with van der Waals surface area (Å²) >= 11 is 0. The Morgan fingerprint density at radius 1 is 0.455 bits per heavy atom. The molecule has 0 N–H and O–H groups in total. The Bertz CT molecular complexity index is 3470. The van der Waals surface area contributed by atoms with Crippen molar-refractivity contribution in [1.29, 1.82) is 5.26 Å². The number of aromatic nitrogens is 2. The number of hydrogen-bond donors (Lipinski definition) is 0. The van der Waals surface area contributed by atoms with Crippen molar-refractivity contribution in [1.82, 2.24) is 9.13 Å². The largest absolute Gasteiger partial charge is 0.456 e. The van der Waals surface area contributed by atoms with Crippen molar-refractivity contribution in [2.75, 3.05) is 0 Å². The van der Waals surface area contributed by atoms with E-state index in [1.54, 1.807) is 0 Å². The first-order chi connectivity index (χ1) is 27.2. The summed E-state index contributed by atoms with van der Waals surface area (Å²) in [6.45, 7) is 7.74. The third-order valence-corrected chi connectivity index (χ3v) is 10.9. The van der Waals surface area contributed by atoms with Crippen molar-refractivity contribution in [2.24, 2.45) is 0 Å². The highest BCUT2D eigenvalue weighted by Gasteiger charge is 2.19. The average molecular weight is 701 g/mol. The molecule has 3 aromatic heterocycles. The van der Waals surface area contributed by atoms with Crippen molar-refractivity contribution in [2.45, 2.75) is 0 Å². The maximum absolute atomic E-state index is 9.65.